The molecule has 0 aliphatic carbocycles. The summed E-state index contributed by atoms with van der Waals surface area (Å²) in [7, 11) is 0. The molecule has 1 fully saturated rings. The normalized spacial score (nSPS) is 18.3. The largest absolute Gasteiger partial charge is 0.416 e. The van der Waals surface area contributed by atoms with Crippen molar-refractivity contribution in [1.82, 2.24) is 20.1 Å². The number of pyridine rings is 1. The van der Waals surface area contributed by atoms with Crippen LogP contribution in [0.5, 0.6) is 0 Å². The van der Waals surface area contributed by atoms with E-state index in [2.05, 4.69) is 26.1 Å². The van der Waals surface area contributed by atoms with Crippen LogP contribution in [0.1, 0.15) is 35.6 Å². The molecule has 146 valence electrons. The molecular weight excluding hydrogens is 365 g/mol. The summed E-state index contributed by atoms with van der Waals surface area (Å²) in [6, 6.07) is 9.44. The third-order valence-corrected chi connectivity index (χ3v) is 5.21. The van der Waals surface area contributed by atoms with Crippen LogP contribution >= 0.6 is 0 Å². The molecule has 4 nitrogen and oxygen atoms in total. The number of aromatic nitrogens is 3. The summed E-state index contributed by atoms with van der Waals surface area (Å²) in [6.07, 6.45) is 2.92. The average molecular weight is 386 g/mol. The van der Waals surface area contributed by atoms with E-state index < -0.39 is 11.7 Å². The number of benzene rings is 1. The fourth-order valence-corrected chi connectivity index (χ4v) is 3.89. The maximum absolute atomic E-state index is 13.1. The van der Waals surface area contributed by atoms with Crippen LogP contribution in [0, 0.1) is 0 Å². The van der Waals surface area contributed by atoms with E-state index in [1.165, 1.54) is 12.1 Å². The fraction of sp³-hybridized carbons (Fsp3) is 0.333. The summed E-state index contributed by atoms with van der Waals surface area (Å²) in [6.45, 7) is 2.65. The van der Waals surface area contributed by atoms with Crippen LogP contribution in [0.2, 0.25) is 0 Å². The Morgan fingerprint density at radius 2 is 2.04 bits per heavy atom. The number of aromatic amines is 1. The van der Waals surface area contributed by atoms with E-state index in [1.54, 1.807) is 18.5 Å². The SMILES string of the molecule is FC(F)(F)c1cccc(-c2cn[nH]c2C2CCCN(Cc3cccnc3)C2)c1. The Labute approximate surface area is 161 Å². The van der Waals surface area contributed by atoms with E-state index in [1.807, 2.05) is 12.3 Å². The summed E-state index contributed by atoms with van der Waals surface area (Å²) < 4.78 is 39.3. The highest BCUT2D eigenvalue weighted by molar-refractivity contribution is 5.66. The molecule has 0 bridgehead atoms. The standard InChI is InChI=1S/C21H21F3N4/c22-21(23,24)18-7-1-5-16(10-18)19-12-26-27-20(19)17-6-3-9-28(14-17)13-15-4-2-8-25-11-15/h1-2,4-5,7-8,10-12,17H,3,6,9,13-14H2,(H,26,27). The van der Waals surface area contributed by atoms with Gasteiger partial charge < -0.3 is 0 Å². The van der Waals surface area contributed by atoms with Gasteiger partial charge in [-0.3, -0.25) is 15.0 Å². The number of rotatable bonds is 4. The Morgan fingerprint density at radius 1 is 1.14 bits per heavy atom. The molecule has 2 aromatic heterocycles. The molecule has 1 N–H and O–H groups in total. The van der Waals surface area contributed by atoms with Gasteiger partial charge in [0, 0.05) is 42.7 Å². The third-order valence-electron chi connectivity index (χ3n) is 5.21. The molecule has 1 aromatic carbocycles. The van der Waals surface area contributed by atoms with Crippen LogP contribution < -0.4 is 0 Å². The van der Waals surface area contributed by atoms with Crippen molar-refractivity contribution in [1.29, 1.82) is 0 Å². The van der Waals surface area contributed by atoms with Gasteiger partial charge in [-0.25, -0.2) is 0 Å². The molecule has 0 amide bonds. The molecule has 0 spiro atoms. The Kier molecular flexibility index (Phi) is 5.17. The molecule has 0 saturated carbocycles. The van der Waals surface area contributed by atoms with Crippen molar-refractivity contribution in [3.8, 4) is 11.1 Å². The second kappa shape index (κ2) is 7.75. The zero-order valence-electron chi connectivity index (χ0n) is 15.3. The van der Waals surface area contributed by atoms with E-state index in [9.17, 15) is 13.2 Å². The van der Waals surface area contributed by atoms with Crippen molar-refractivity contribution in [2.75, 3.05) is 13.1 Å². The second-order valence-corrected chi connectivity index (χ2v) is 7.21. The molecular formula is C21H21F3N4. The maximum atomic E-state index is 13.1. The van der Waals surface area contributed by atoms with Gasteiger partial charge in [-0.05, 0) is 48.7 Å². The molecule has 3 heterocycles. The van der Waals surface area contributed by atoms with Crippen LogP contribution in [-0.4, -0.2) is 33.2 Å². The van der Waals surface area contributed by atoms with E-state index in [4.69, 9.17) is 0 Å². The molecule has 1 aliphatic heterocycles. The predicted molar refractivity (Wildman–Crippen MR) is 101 cm³/mol. The van der Waals surface area contributed by atoms with Crippen molar-refractivity contribution in [2.45, 2.75) is 31.5 Å². The topological polar surface area (TPSA) is 44.8 Å². The lowest BCUT2D eigenvalue weighted by Crippen LogP contribution is -2.34. The number of hydrogen-bond acceptors (Lipinski definition) is 3. The summed E-state index contributed by atoms with van der Waals surface area (Å²) in [4.78, 5) is 6.53. The van der Waals surface area contributed by atoms with Crippen LogP contribution in [0.15, 0.2) is 55.0 Å². The lowest BCUT2D eigenvalue weighted by atomic mass is 9.90. The molecule has 1 aliphatic rings. The Balaban J connectivity index is 1.55. The van der Waals surface area contributed by atoms with Gasteiger partial charge in [-0.2, -0.15) is 18.3 Å². The van der Waals surface area contributed by atoms with Crippen molar-refractivity contribution in [3.05, 3.63) is 71.8 Å². The minimum absolute atomic E-state index is 0.206. The lowest BCUT2D eigenvalue weighted by Gasteiger charge is -2.32. The number of piperidine rings is 1. The molecule has 3 aromatic rings. The molecule has 1 atom stereocenters. The molecule has 1 saturated heterocycles. The third kappa shape index (κ3) is 4.09. The molecule has 0 radical (unpaired) electrons. The number of nitrogens with one attached hydrogen (secondary N) is 1. The van der Waals surface area contributed by atoms with Crippen molar-refractivity contribution in [2.24, 2.45) is 0 Å². The molecule has 28 heavy (non-hydrogen) atoms. The van der Waals surface area contributed by atoms with Gasteiger partial charge >= 0.3 is 6.18 Å². The minimum Gasteiger partial charge on any atom is -0.298 e. The zero-order chi connectivity index (χ0) is 19.6. The summed E-state index contributed by atoms with van der Waals surface area (Å²) in [5.41, 5.74) is 2.72. The van der Waals surface area contributed by atoms with Crippen molar-refractivity contribution in [3.63, 3.8) is 0 Å². The van der Waals surface area contributed by atoms with Gasteiger partial charge in [-0.1, -0.05) is 18.2 Å². The summed E-state index contributed by atoms with van der Waals surface area (Å²) in [5, 5.41) is 7.19. The molecule has 4 rings (SSSR count). The van der Waals surface area contributed by atoms with Crippen LogP contribution in [-0.2, 0) is 12.7 Å². The first-order valence-corrected chi connectivity index (χ1v) is 9.33. The first-order valence-electron chi connectivity index (χ1n) is 9.33. The van der Waals surface area contributed by atoms with Gasteiger partial charge in [0.2, 0.25) is 0 Å². The number of H-pyrrole nitrogens is 1. The average Bonchev–Trinajstić information content (AvgIpc) is 3.18. The van der Waals surface area contributed by atoms with E-state index in [0.717, 1.165) is 55.4 Å². The van der Waals surface area contributed by atoms with E-state index in [0.29, 0.717) is 5.56 Å². The van der Waals surface area contributed by atoms with E-state index in [-0.39, 0.29) is 5.92 Å². The minimum atomic E-state index is -4.36. The number of likely N-dealkylation sites (tertiary alicyclic amines) is 1. The summed E-state index contributed by atoms with van der Waals surface area (Å²) >= 11 is 0. The lowest BCUT2D eigenvalue weighted by molar-refractivity contribution is -0.137. The number of alkyl halides is 3. The summed E-state index contributed by atoms with van der Waals surface area (Å²) in [5.74, 6) is 0.206. The monoisotopic (exact) mass is 386 g/mol. The van der Waals surface area contributed by atoms with Gasteiger partial charge in [0.1, 0.15) is 0 Å². The number of halogens is 3. The van der Waals surface area contributed by atoms with Crippen LogP contribution in [0.4, 0.5) is 13.2 Å². The Bertz CT molecular complexity index is 921. The highest BCUT2D eigenvalue weighted by Crippen LogP contribution is 2.36. The maximum Gasteiger partial charge on any atom is 0.416 e. The van der Waals surface area contributed by atoms with Gasteiger partial charge in [0.25, 0.3) is 0 Å². The highest BCUT2D eigenvalue weighted by atomic mass is 19.4. The number of hydrogen-bond donors (Lipinski definition) is 1. The Hall–Kier alpha value is -2.67. The van der Waals surface area contributed by atoms with Gasteiger partial charge in [0.05, 0.1) is 11.8 Å². The van der Waals surface area contributed by atoms with Crippen molar-refractivity contribution < 1.29 is 13.2 Å². The molecule has 7 heteroatoms. The van der Waals surface area contributed by atoms with Crippen LogP contribution in [0.25, 0.3) is 11.1 Å². The molecule has 1 unspecified atom stereocenters. The van der Waals surface area contributed by atoms with Crippen molar-refractivity contribution >= 4 is 0 Å². The highest BCUT2D eigenvalue weighted by Gasteiger charge is 2.31. The number of nitrogens with zero attached hydrogens (tertiary/aromatic N) is 3. The smallest absolute Gasteiger partial charge is 0.298 e. The second-order valence-electron chi connectivity index (χ2n) is 7.21. The zero-order valence-corrected chi connectivity index (χ0v) is 15.3. The van der Waals surface area contributed by atoms with Gasteiger partial charge in [0.15, 0.2) is 0 Å². The van der Waals surface area contributed by atoms with Crippen LogP contribution in [0.3, 0.4) is 0 Å². The Morgan fingerprint density at radius 3 is 2.82 bits per heavy atom. The first-order chi connectivity index (χ1) is 13.5. The predicted octanol–water partition coefficient (Wildman–Crippen LogP) is 4.87. The first kappa shape index (κ1) is 18.7. The fourth-order valence-electron chi connectivity index (χ4n) is 3.89. The quantitative estimate of drug-likeness (QED) is 0.696. The van der Waals surface area contributed by atoms with Gasteiger partial charge in [-0.15, -0.1) is 0 Å². The van der Waals surface area contributed by atoms with E-state index >= 15 is 0 Å².